The summed E-state index contributed by atoms with van der Waals surface area (Å²) in [6, 6.07) is 14.5. The minimum atomic E-state index is -0.457. The van der Waals surface area contributed by atoms with Crippen molar-refractivity contribution in [2.75, 3.05) is 5.75 Å². The van der Waals surface area contributed by atoms with Gasteiger partial charge in [-0.25, -0.2) is 9.89 Å². The number of hydrogen-bond acceptors (Lipinski definition) is 5. The fourth-order valence-electron chi connectivity index (χ4n) is 2.99. The maximum atomic E-state index is 12.6. The molecule has 2 amide bonds. The molecule has 0 bridgehead atoms. The first-order valence-electron chi connectivity index (χ1n) is 8.77. The van der Waals surface area contributed by atoms with E-state index < -0.39 is 6.04 Å². The van der Waals surface area contributed by atoms with E-state index in [-0.39, 0.29) is 17.6 Å². The number of thioether (sulfide) groups is 1. The number of halogens is 1. The van der Waals surface area contributed by atoms with Gasteiger partial charge in [-0.1, -0.05) is 53.7 Å². The van der Waals surface area contributed by atoms with Crippen LogP contribution in [0, 0.1) is 0 Å². The lowest BCUT2D eigenvalue weighted by Crippen LogP contribution is -2.41. The number of para-hydroxylation sites is 1. The molecule has 1 N–H and O–H groups in total. The molecule has 0 saturated carbocycles. The van der Waals surface area contributed by atoms with Gasteiger partial charge in [-0.2, -0.15) is 0 Å². The lowest BCUT2D eigenvalue weighted by Gasteiger charge is -2.25. The molecule has 4 rings (SSSR count). The minimum absolute atomic E-state index is 0.132. The number of benzene rings is 2. The van der Waals surface area contributed by atoms with Crippen LogP contribution in [0.5, 0.6) is 0 Å². The van der Waals surface area contributed by atoms with Crippen molar-refractivity contribution in [1.29, 1.82) is 0 Å². The maximum Gasteiger partial charge on any atom is 0.258 e. The Balaban J connectivity index is 1.46. The highest BCUT2D eigenvalue weighted by Crippen LogP contribution is 2.33. The number of rotatable bonds is 4. The van der Waals surface area contributed by atoms with Crippen molar-refractivity contribution in [2.45, 2.75) is 19.5 Å². The summed E-state index contributed by atoms with van der Waals surface area (Å²) in [5, 5.41) is 3.93. The molecule has 0 spiro atoms. The Hall–Kier alpha value is -2.64. The summed E-state index contributed by atoms with van der Waals surface area (Å²) in [5.41, 5.74) is 2.43. The highest BCUT2D eigenvalue weighted by Gasteiger charge is 2.39. The smallest absolute Gasteiger partial charge is 0.258 e. The second-order valence-electron chi connectivity index (χ2n) is 6.37. The Morgan fingerprint density at radius 3 is 2.79 bits per heavy atom. The quantitative estimate of drug-likeness (QED) is 0.836. The molecule has 28 heavy (non-hydrogen) atoms. The molecule has 0 radical (unpaired) electrons. The fraction of sp³-hybridized carbons (Fsp3) is 0.200. The molecule has 0 fully saturated rings. The van der Waals surface area contributed by atoms with E-state index in [4.69, 9.17) is 11.6 Å². The molecule has 2 aliphatic rings. The summed E-state index contributed by atoms with van der Waals surface area (Å²) in [4.78, 5) is 35.4. The summed E-state index contributed by atoms with van der Waals surface area (Å²) in [6.07, 6.45) is 0. The molecule has 1 unspecified atom stereocenters. The molecule has 6 nitrogen and oxygen atoms in total. The number of amidine groups is 2. The highest BCUT2D eigenvalue weighted by molar-refractivity contribution is 8.14. The van der Waals surface area contributed by atoms with E-state index in [0.29, 0.717) is 22.6 Å². The molecule has 2 aromatic rings. The Morgan fingerprint density at radius 1 is 1.21 bits per heavy atom. The number of amides is 2. The van der Waals surface area contributed by atoms with Gasteiger partial charge in [0.15, 0.2) is 5.17 Å². The second-order valence-corrected chi connectivity index (χ2v) is 7.72. The largest absolute Gasteiger partial charge is 0.351 e. The van der Waals surface area contributed by atoms with Crippen molar-refractivity contribution in [2.24, 2.45) is 9.98 Å². The van der Waals surface area contributed by atoms with Gasteiger partial charge in [-0.05, 0) is 30.7 Å². The number of nitrogens with one attached hydrogen (secondary N) is 1. The monoisotopic (exact) mass is 412 g/mol. The summed E-state index contributed by atoms with van der Waals surface area (Å²) >= 11 is 7.33. The number of hydrogen-bond donors (Lipinski definition) is 1. The van der Waals surface area contributed by atoms with Crippen molar-refractivity contribution in [3.8, 4) is 0 Å². The number of nitrogens with zero attached hydrogens (tertiary/aromatic N) is 3. The van der Waals surface area contributed by atoms with Crippen LogP contribution in [0.3, 0.4) is 0 Å². The first-order valence-corrected chi connectivity index (χ1v) is 10.1. The Morgan fingerprint density at radius 2 is 1.96 bits per heavy atom. The molecule has 1 atom stereocenters. The summed E-state index contributed by atoms with van der Waals surface area (Å²) < 4.78 is 0. The standard InChI is InChI=1S/C20H17ClN4O2S/c1-12-19(27)25-18(23-12)14-7-3-5-9-16(14)24-20(25)28-11-17(26)22-10-13-6-2-4-8-15(13)21/h2-9,12H,10-11H2,1H3,(H,22,26). The third kappa shape index (κ3) is 3.55. The minimum Gasteiger partial charge on any atom is -0.351 e. The SMILES string of the molecule is CC1N=C2c3ccccc3N=C(SCC(=O)NCc3ccccc3Cl)N2C1=O. The fourth-order valence-corrected chi connectivity index (χ4v) is 4.02. The van der Waals surface area contributed by atoms with Gasteiger partial charge in [0.05, 0.1) is 11.4 Å². The topological polar surface area (TPSA) is 74.1 Å². The van der Waals surface area contributed by atoms with Crippen molar-refractivity contribution in [1.82, 2.24) is 10.2 Å². The van der Waals surface area contributed by atoms with Crippen LogP contribution in [0.1, 0.15) is 18.1 Å². The molecule has 0 aromatic heterocycles. The molecule has 2 aliphatic heterocycles. The van der Waals surface area contributed by atoms with Crippen molar-refractivity contribution >= 4 is 51.9 Å². The van der Waals surface area contributed by atoms with Crippen LogP contribution in [0.15, 0.2) is 58.5 Å². The number of carbonyl (C=O) groups is 2. The van der Waals surface area contributed by atoms with Crippen LogP contribution in [0.25, 0.3) is 0 Å². The van der Waals surface area contributed by atoms with Gasteiger partial charge in [0.25, 0.3) is 5.91 Å². The van der Waals surface area contributed by atoms with Gasteiger partial charge >= 0.3 is 0 Å². The molecule has 2 heterocycles. The van der Waals surface area contributed by atoms with Crippen LogP contribution in [0.2, 0.25) is 5.02 Å². The van der Waals surface area contributed by atoms with Crippen LogP contribution in [-0.2, 0) is 16.1 Å². The second kappa shape index (κ2) is 7.77. The Bertz CT molecular complexity index is 1020. The summed E-state index contributed by atoms with van der Waals surface area (Å²) in [5.74, 6) is 0.440. The number of fused-ring (bicyclic) bond motifs is 3. The van der Waals surface area contributed by atoms with Crippen LogP contribution < -0.4 is 5.32 Å². The van der Waals surface area contributed by atoms with Crippen LogP contribution in [0.4, 0.5) is 5.69 Å². The molecule has 0 saturated heterocycles. The van der Waals surface area contributed by atoms with E-state index in [9.17, 15) is 9.59 Å². The summed E-state index contributed by atoms with van der Waals surface area (Å²) in [7, 11) is 0. The third-order valence-electron chi connectivity index (χ3n) is 4.42. The van der Waals surface area contributed by atoms with Crippen molar-refractivity contribution in [3.05, 3.63) is 64.7 Å². The summed E-state index contributed by atoms with van der Waals surface area (Å²) in [6.45, 7) is 2.11. The van der Waals surface area contributed by atoms with Crippen LogP contribution >= 0.6 is 23.4 Å². The van der Waals surface area contributed by atoms with E-state index in [1.807, 2.05) is 42.5 Å². The zero-order chi connectivity index (χ0) is 19.7. The molecule has 0 aliphatic carbocycles. The third-order valence-corrected chi connectivity index (χ3v) is 5.73. The maximum absolute atomic E-state index is 12.6. The average molecular weight is 413 g/mol. The first-order chi connectivity index (χ1) is 13.5. The molecule has 8 heteroatoms. The van der Waals surface area contributed by atoms with E-state index in [2.05, 4.69) is 15.3 Å². The first kappa shape index (κ1) is 18.7. The van der Waals surface area contributed by atoms with Gasteiger partial charge in [0.1, 0.15) is 11.9 Å². The van der Waals surface area contributed by atoms with Gasteiger partial charge < -0.3 is 5.32 Å². The molecular weight excluding hydrogens is 396 g/mol. The zero-order valence-electron chi connectivity index (χ0n) is 15.1. The predicted octanol–water partition coefficient (Wildman–Crippen LogP) is 3.37. The predicted molar refractivity (Wildman–Crippen MR) is 112 cm³/mol. The zero-order valence-corrected chi connectivity index (χ0v) is 16.6. The number of carbonyl (C=O) groups excluding carboxylic acids is 2. The molecule has 142 valence electrons. The Kier molecular flexibility index (Phi) is 5.19. The Labute approximate surface area is 171 Å². The lowest BCUT2D eigenvalue weighted by atomic mass is 10.1. The molecular formula is C20H17ClN4O2S. The normalized spacial score (nSPS) is 17.6. The highest BCUT2D eigenvalue weighted by atomic mass is 35.5. The van der Waals surface area contributed by atoms with E-state index in [1.165, 1.54) is 16.7 Å². The van der Waals surface area contributed by atoms with E-state index in [0.717, 1.165) is 16.8 Å². The van der Waals surface area contributed by atoms with Crippen molar-refractivity contribution < 1.29 is 9.59 Å². The van der Waals surface area contributed by atoms with Gasteiger partial charge in [0.2, 0.25) is 5.91 Å². The van der Waals surface area contributed by atoms with E-state index >= 15 is 0 Å². The van der Waals surface area contributed by atoms with Gasteiger partial charge in [0, 0.05) is 17.1 Å². The average Bonchev–Trinajstić information content (AvgIpc) is 3.00. The van der Waals surface area contributed by atoms with E-state index in [1.54, 1.807) is 13.0 Å². The van der Waals surface area contributed by atoms with Gasteiger partial charge in [-0.15, -0.1) is 0 Å². The number of aliphatic imine (C=N–C) groups is 2. The lowest BCUT2D eigenvalue weighted by molar-refractivity contribution is -0.124. The van der Waals surface area contributed by atoms with Crippen molar-refractivity contribution in [3.63, 3.8) is 0 Å². The van der Waals surface area contributed by atoms with Crippen LogP contribution in [-0.4, -0.2) is 39.5 Å². The van der Waals surface area contributed by atoms with Gasteiger partial charge in [-0.3, -0.25) is 14.6 Å². The molecule has 2 aromatic carbocycles.